The van der Waals surface area contributed by atoms with Crippen LogP contribution in [-0.2, 0) is 4.79 Å². The second-order valence-electron chi connectivity index (χ2n) is 5.94. The average molecular weight is 364 g/mol. The van der Waals surface area contributed by atoms with Gasteiger partial charge < -0.3 is 10.6 Å². The molecular formula is C19H19F3N2O2. The lowest BCUT2D eigenvalue weighted by atomic mass is 9.97. The van der Waals surface area contributed by atoms with E-state index in [1.165, 1.54) is 18.2 Å². The molecule has 0 aliphatic carbocycles. The number of carbonyl (C=O) groups excluding carboxylic acids is 2. The van der Waals surface area contributed by atoms with Crippen molar-refractivity contribution in [1.29, 1.82) is 0 Å². The Labute approximate surface area is 149 Å². The molecule has 2 amide bonds. The Bertz CT molecular complexity index is 761. The predicted octanol–water partition coefficient (Wildman–Crippen LogP) is 4.11. The van der Waals surface area contributed by atoms with Crippen LogP contribution in [0, 0.1) is 0 Å². The van der Waals surface area contributed by atoms with Crippen molar-refractivity contribution in [3.05, 3.63) is 65.7 Å². The summed E-state index contributed by atoms with van der Waals surface area (Å²) in [4.78, 5) is 23.9. The van der Waals surface area contributed by atoms with Gasteiger partial charge in [0.15, 0.2) is 0 Å². The van der Waals surface area contributed by atoms with Gasteiger partial charge in [-0.15, -0.1) is 0 Å². The van der Waals surface area contributed by atoms with E-state index in [0.29, 0.717) is 5.69 Å². The third-order valence-electron chi connectivity index (χ3n) is 3.72. The van der Waals surface area contributed by atoms with E-state index < -0.39 is 18.6 Å². The quantitative estimate of drug-likeness (QED) is 0.810. The molecule has 2 rings (SSSR count). The Kier molecular flexibility index (Phi) is 6.38. The lowest BCUT2D eigenvalue weighted by molar-refractivity contribution is -0.123. The lowest BCUT2D eigenvalue weighted by Crippen LogP contribution is -2.33. The first-order chi connectivity index (χ1) is 12.2. The Balaban J connectivity index is 1.95. The maximum Gasteiger partial charge on any atom is 0.405 e. The fourth-order valence-corrected chi connectivity index (χ4v) is 2.41. The molecule has 2 aromatic rings. The second kappa shape index (κ2) is 8.51. The van der Waals surface area contributed by atoms with Gasteiger partial charge in [-0.1, -0.05) is 43.3 Å². The van der Waals surface area contributed by atoms with Crippen molar-refractivity contribution in [3.63, 3.8) is 0 Å². The zero-order chi connectivity index (χ0) is 19.2. The molecule has 0 aliphatic rings. The molecule has 4 nitrogen and oxygen atoms in total. The summed E-state index contributed by atoms with van der Waals surface area (Å²) in [5.74, 6) is -1.08. The average Bonchev–Trinajstić information content (AvgIpc) is 2.60. The summed E-state index contributed by atoms with van der Waals surface area (Å²) >= 11 is 0. The fraction of sp³-hybridized carbons (Fsp3) is 0.263. The molecule has 0 saturated heterocycles. The van der Waals surface area contributed by atoms with Gasteiger partial charge in [0.05, 0.1) is 0 Å². The second-order valence-corrected chi connectivity index (χ2v) is 5.94. The third-order valence-corrected chi connectivity index (χ3v) is 3.72. The molecule has 0 bridgehead atoms. The van der Waals surface area contributed by atoms with E-state index in [1.54, 1.807) is 11.4 Å². The molecule has 1 atom stereocenters. The normalized spacial score (nSPS) is 12.3. The van der Waals surface area contributed by atoms with Crippen molar-refractivity contribution in [2.75, 3.05) is 11.9 Å². The van der Waals surface area contributed by atoms with Crippen LogP contribution in [-0.4, -0.2) is 24.5 Å². The van der Waals surface area contributed by atoms with E-state index in [2.05, 4.69) is 5.32 Å². The largest absolute Gasteiger partial charge is 0.405 e. The summed E-state index contributed by atoms with van der Waals surface area (Å²) in [5.41, 5.74) is 1.43. The van der Waals surface area contributed by atoms with Crippen molar-refractivity contribution in [2.45, 2.75) is 25.4 Å². The number of amides is 2. The third kappa shape index (κ3) is 6.23. The van der Waals surface area contributed by atoms with Crippen LogP contribution < -0.4 is 10.6 Å². The SMILES string of the molecule is CC(CC(=O)Nc1cccc(C(=O)NCC(F)(F)F)c1)c1ccccc1. The number of halogens is 3. The summed E-state index contributed by atoms with van der Waals surface area (Å²) in [6.45, 7) is 0.521. The van der Waals surface area contributed by atoms with Crippen LogP contribution in [0.5, 0.6) is 0 Å². The molecular weight excluding hydrogens is 345 g/mol. The molecule has 0 aliphatic heterocycles. The number of nitrogens with one attached hydrogen (secondary N) is 2. The molecule has 7 heteroatoms. The van der Waals surface area contributed by atoms with E-state index in [-0.39, 0.29) is 23.8 Å². The first kappa shape index (κ1) is 19.5. The van der Waals surface area contributed by atoms with Crippen molar-refractivity contribution in [1.82, 2.24) is 5.32 Å². The highest BCUT2D eigenvalue weighted by Crippen LogP contribution is 2.20. The lowest BCUT2D eigenvalue weighted by Gasteiger charge is -2.13. The van der Waals surface area contributed by atoms with Crippen molar-refractivity contribution < 1.29 is 22.8 Å². The smallest absolute Gasteiger partial charge is 0.343 e. The minimum absolute atomic E-state index is 0.00877. The highest BCUT2D eigenvalue weighted by molar-refractivity contribution is 5.97. The van der Waals surface area contributed by atoms with Crippen molar-refractivity contribution >= 4 is 17.5 Å². The number of hydrogen-bond donors (Lipinski definition) is 2. The number of benzene rings is 2. The molecule has 0 heterocycles. The Hall–Kier alpha value is -2.83. The van der Waals surface area contributed by atoms with Gasteiger partial charge in [-0.2, -0.15) is 13.2 Å². The summed E-state index contributed by atoms with van der Waals surface area (Å²) in [7, 11) is 0. The fourth-order valence-electron chi connectivity index (χ4n) is 2.41. The highest BCUT2D eigenvalue weighted by atomic mass is 19.4. The number of hydrogen-bond acceptors (Lipinski definition) is 2. The van der Waals surface area contributed by atoms with E-state index >= 15 is 0 Å². The molecule has 0 saturated carbocycles. The monoisotopic (exact) mass is 364 g/mol. The van der Waals surface area contributed by atoms with Gasteiger partial charge in [0.1, 0.15) is 6.54 Å². The van der Waals surface area contributed by atoms with E-state index in [4.69, 9.17) is 0 Å². The Morgan fingerprint density at radius 2 is 1.73 bits per heavy atom. The minimum atomic E-state index is -4.48. The summed E-state index contributed by atoms with van der Waals surface area (Å²) in [6, 6.07) is 15.4. The maximum absolute atomic E-state index is 12.2. The number of anilines is 1. The molecule has 2 aromatic carbocycles. The van der Waals surface area contributed by atoms with E-state index in [0.717, 1.165) is 5.56 Å². The molecule has 26 heavy (non-hydrogen) atoms. The van der Waals surface area contributed by atoms with Crippen LogP contribution in [0.25, 0.3) is 0 Å². The van der Waals surface area contributed by atoms with Crippen LogP contribution in [0.1, 0.15) is 35.2 Å². The first-order valence-corrected chi connectivity index (χ1v) is 8.04. The topological polar surface area (TPSA) is 58.2 Å². The van der Waals surface area contributed by atoms with Gasteiger partial charge in [0, 0.05) is 17.7 Å². The molecule has 0 spiro atoms. The highest BCUT2D eigenvalue weighted by Gasteiger charge is 2.27. The maximum atomic E-state index is 12.2. The molecule has 0 aromatic heterocycles. The van der Waals surface area contributed by atoms with Crippen molar-refractivity contribution in [2.24, 2.45) is 0 Å². The number of rotatable bonds is 6. The summed E-state index contributed by atoms with van der Waals surface area (Å²) < 4.78 is 36.5. The zero-order valence-electron chi connectivity index (χ0n) is 14.1. The Morgan fingerprint density at radius 1 is 1.04 bits per heavy atom. The van der Waals surface area contributed by atoms with E-state index in [1.807, 2.05) is 37.3 Å². The molecule has 1 unspecified atom stereocenters. The van der Waals surface area contributed by atoms with Crippen LogP contribution in [0.3, 0.4) is 0 Å². The molecule has 0 fully saturated rings. The van der Waals surface area contributed by atoms with Gasteiger partial charge >= 0.3 is 6.18 Å². The van der Waals surface area contributed by atoms with Crippen LogP contribution in [0.4, 0.5) is 18.9 Å². The number of alkyl halides is 3. The molecule has 138 valence electrons. The molecule has 2 N–H and O–H groups in total. The van der Waals surface area contributed by atoms with Gasteiger partial charge in [0.25, 0.3) is 5.91 Å². The van der Waals surface area contributed by atoms with Crippen LogP contribution in [0.15, 0.2) is 54.6 Å². The minimum Gasteiger partial charge on any atom is -0.343 e. The first-order valence-electron chi connectivity index (χ1n) is 8.04. The summed E-state index contributed by atoms with van der Waals surface area (Å²) in [5, 5.41) is 4.47. The van der Waals surface area contributed by atoms with Crippen molar-refractivity contribution in [3.8, 4) is 0 Å². The van der Waals surface area contributed by atoms with Gasteiger partial charge in [-0.05, 0) is 29.7 Å². The predicted molar refractivity (Wildman–Crippen MR) is 92.9 cm³/mol. The van der Waals surface area contributed by atoms with E-state index in [9.17, 15) is 22.8 Å². The number of carbonyl (C=O) groups is 2. The Morgan fingerprint density at radius 3 is 2.38 bits per heavy atom. The van der Waals surface area contributed by atoms with Crippen LogP contribution >= 0.6 is 0 Å². The summed E-state index contributed by atoms with van der Waals surface area (Å²) in [6.07, 6.45) is -4.23. The van der Waals surface area contributed by atoms with Gasteiger partial charge in [0.2, 0.25) is 5.91 Å². The molecule has 0 radical (unpaired) electrons. The van der Waals surface area contributed by atoms with Gasteiger partial charge in [-0.3, -0.25) is 9.59 Å². The van der Waals surface area contributed by atoms with Gasteiger partial charge in [-0.25, -0.2) is 0 Å². The zero-order valence-corrected chi connectivity index (χ0v) is 14.1. The van der Waals surface area contributed by atoms with Crippen LogP contribution in [0.2, 0.25) is 0 Å². The standard InChI is InChI=1S/C19H19F3N2O2/c1-13(14-6-3-2-4-7-14)10-17(25)24-16-9-5-8-15(11-16)18(26)23-12-19(20,21)22/h2-9,11,13H,10,12H2,1H3,(H,23,26)(H,24,25).